The Balaban J connectivity index is 1.81. The van der Waals surface area contributed by atoms with Crippen LogP contribution in [-0.2, 0) is 0 Å². The number of anilines is 1. The molecule has 1 aromatic heterocycles. The summed E-state index contributed by atoms with van der Waals surface area (Å²) in [6.45, 7) is 0. The topological polar surface area (TPSA) is 71.1 Å². The average Bonchev–Trinajstić information content (AvgIpc) is 3.05. The van der Waals surface area contributed by atoms with Gasteiger partial charge in [-0.3, -0.25) is 0 Å². The Bertz CT molecular complexity index is 940. The van der Waals surface area contributed by atoms with Gasteiger partial charge in [0.05, 0.1) is 12.1 Å². The summed E-state index contributed by atoms with van der Waals surface area (Å²) in [6, 6.07) is 16.8. The summed E-state index contributed by atoms with van der Waals surface area (Å²) in [5.41, 5.74) is 2.30. The fraction of sp³-hybridized carbons (Fsp3) is 0.0526. The number of hydrogen-bond acceptors (Lipinski definition) is 5. The van der Waals surface area contributed by atoms with Crippen molar-refractivity contribution in [3.8, 4) is 23.1 Å². The Labute approximate surface area is 150 Å². The zero-order valence-electron chi connectivity index (χ0n) is 13.4. The third-order valence-corrected chi connectivity index (χ3v) is 3.86. The third kappa shape index (κ3) is 3.65. The van der Waals surface area contributed by atoms with Gasteiger partial charge in [0.25, 0.3) is 0 Å². The Morgan fingerprint density at radius 1 is 1.20 bits per heavy atom. The van der Waals surface area contributed by atoms with Gasteiger partial charge in [0.1, 0.15) is 23.1 Å². The number of nitriles is 1. The van der Waals surface area contributed by atoms with Crippen molar-refractivity contribution in [3.05, 3.63) is 71.1 Å². The number of halogens is 1. The maximum Gasteiger partial charge on any atom is 0.179 e. The molecule has 0 saturated heterocycles. The highest BCUT2D eigenvalue weighted by Gasteiger charge is 2.17. The minimum atomic E-state index is 0.334. The van der Waals surface area contributed by atoms with Crippen LogP contribution in [0.1, 0.15) is 11.3 Å². The summed E-state index contributed by atoms with van der Waals surface area (Å²) >= 11 is 6.17. The standard InChI is InChI=1S/C19H14ClN3O2/c1-24-14-8-6-13(7-9-14)22-11-10-18-16(12-21)19(23-25-18)15-4-2-3-5-17(15)20/h2-11,22H,1H3. The number of nitrogens with zero attached hydrogens (tertiary/aromatic N) is 2. The molecule has 25 heavy (non-hydrogen) atoms. The fourth-order valence-corrected chi connectivity index (χ4v) is 2.49. The van der Waals surface area contributed by atoms with Crippen LogP contribution in [0.25, 0.3) is 17.3 Å². The van der Waals surface area contributed by atoms with Crippen LogP contribution in [0.2, 0.25) is 5.02 Å². The van der Waals surface area contributed by atoms with E-state index in [1.54, 1.807) is 31.5 Å². The van der Waals surface area contributed by atoms with Gasteiger partial charge < -0.3 is 14.6 Å². The predicted octanol–water partition coefficient (Wildman–Crippen LogP) is 4.96. The first-order chi connectivity index (χ1) is 12.2. The van der Waals surface area contributed by atoms with E-state index in [0.29, 0.717) is 27.6 Å². The third-order valence-electron chi connectivity index (χ3n) is 3.53. The first-order valence-electron chi connectivity index (χ1n) is 7.44. The smallest absolute Gasteiger partial charge is 0.179 e. The largest absolute Gasteiger partial charge is 0.497 e. The molecule has 3 aromatic rings. The average molecular weight is 352 g/mol. The van der Waals surface area contributed by atoms with Crippen molar-refractivity contribution in [1.29, 1.82) is 5.26 Å². The highest BCUT2D eigenvalue weighted by atomic mass is 35.5. The molecule has 0 fully saturated rings. The van der Waals surface area contributed by atoms with E-state index < -0.39 is 0 Å². The number of hydrogen-bond donors (Lipinski definition) is 1. The van der Waals surface area contributed by atoms with E-state index in [1.807, 2.05) is 36.4 Å². The molecule has 0 bridgehead atoms. The van der Waals surface area contributed by atoms with Crippen LogP contribution in [0.4, 0.5) is 5.69 Å². The quantitative estimate of drug-likeness (QED) is 0.703. The van der Waals surface area contributed by atoms with Crippen molar-refractivity contribution in [3.63, 3.8) is 0 Å². The highest BCUT2D eigenvalue weighted by molar-refractivity contribution is 6.33. The molecule has 0 radical (unpaired) electrons. The normalized spacial score (nSPS) is 10.6. The van der Waals surface area contributed by atoms with Crippen LogP contribution in [0.5, 0.6) is 5.75 Å². The van der Waals surface area contributed by atoms with Crippen LogP contribution in [-0.4, -0.2) is 12.3 Å². The number of aromatic nitrogens is 1. The molecule has 0 spiro atoms. The first kappa shape index (κ1) is 16.6. The molecule has 0 aliphatic rings. The van der Waals surface area contributed by atoms with Gasteiger partial charge in [-0.1, -0.05) is 35.0 Å². The molecule has 0 atom stereocenters. The summed E-state index contributed by atoms with van der Waals surface area (Å²) in [5.74, 6) is 1.14. The molecule has 0 aliphatic heterocycles. The maximum atomic E-state index is 9.45. The monoisotopic (exact) mass is 351 g/mol. The first-order valence-corrected chi connectivity index (χ1v) is 7.82. The van der Waals surface area contributed by atoms with Gasteiger partial charge in [-0.05, 0) is 30.3 Å². The molecule has 124 valence electrons. The summed E-state index contributed by atoms with van der Waals surface area (Å²) in [4.78, 5) is 0. The van der Waals surface area contributed by atoms with Crippen LogP contribution in [0, 0.1) is 11.3 Å². The van der Waals surface area contributed by atoms with Gasteiger partial charge in [-0.15, -0.1) is 0 Å². The lowest BCUT2D eigenvalue weighted by molar-refractivity contribution is 0.414. The molecular weight excluding hydrogens is 338 g/mol. The summed E-state index contributed by atoms with van der Waals surface area (Å²) in [5, 5.41) is 17.1. The van der Waals surface area contributed by atoms with E-state index in [4.69, 9.17) is 20.9 Å². The molecule has 0 saturated carbocycles. The number of methoxy groups -OCH3 is 1. The lowest BCUT2D eigenvalue weighted by Crippen LogP contribution is -1.88. The summed E-state index contributed by atoms with van der Waals surface area (Å²) in [6.07, 6.45) is 3.33. The molecule has 2 aromatic carbocycles. The minimum Gasteiger partial charge on any atom is -0.497 e. The number of rotatable bonds is 5. The van der Waals surface area contributed by atoms with Crippen LogP contribution in [0.15, 0.2) is 59.3 Å². The van der Waals surface area contributed by atoms with Crippen LogP contribution in [0.3, 0.4) is 0 Å². The lowest BCUT2D eigenvalue weighted by atomic mass is 10.1. The molecular formula is C19H14ClN3O2. The summed E-state index contributed by atoms with van der Waals surface area (Å²) in [7, 11) is 1.62. The van der Waals surface area contributed by atoms with Crippen molar-refractivity contribution < 1.29 is 9.26 Å². The van der Waals surface area contributed by atoms with E-state index >= 15 is 0 Å². The van der Waals surface area contributed by atoms with E-state index in [0.717, 1.165) is 11.4 Å². The molecule has 1 heterocycles. The van der Waals surface area contributed by atoms with Gasteiger partial charge in [0, 0.05) is 23.5 Å². The molecule has 3 rings (SSSR count). The van der Waals surface area contributed by atoms with Crippen LogP contribution >= 0.6 is 11.6 Å². The fourth-order valence-electron chi connectivity index (χ4n) is 2.26. The molecule has 0 amide bonds. The van der Waals surface area contributed by atoms with Crippen molar-refractivity contribution in [2.24, 2.45) is 0 Å². The zero-order valence-corrected chi connectivity index (χ0v) is 14.1. The second-order valence-corrected chi connectivity index (χ2v) is 5.48. The minimum absolute atomic E-state index is 0.334. The summed E-state index contributed by atoms with van der Waals surface area (Å²) < 4.78 is 10.4. The SMILES string of the molecule is COc1ccc(NC=Cc2onc(-c3ccccc3Cl)c2C#N)cc1. The van der Waals surface area contributed by atoms with Gasteiger partial charge in [-0.2, -0.15) is 5.26 Å². The Hall–Kier alpha value is -3.23. The van der Waals surface area contributed by atoms with Crippen molar-refractivity contribution >= 4 is 23.4 Å². The van der Waals surface area contributed by atoms with Crippen LogP contribution < -0.4 is 10.1 Å². The predicted molar refractivity (Wildman–Crippen MR) is 97.3 cm³/mol. The molecule has 0 aliphatic carbocycles. The van der Waals surface area contributed by atoms with Crippen molar-refractivity contribution in [2.75, 3.05) is 12.4 Å². The second-order valence-electron chi connectivity index (χ2n) is 5.07. The van der Waals surface area contributed by atoms with E-state index in [9.17, 15) is 5.26 Å². The van der Waals surface area contributed by atoms with Gasteiger partial charge >= 0.3 is 0 Å². The number of nitrogens with one attached hydrogen (secondary N) is 1. The van der Waals surface area contributed by atoms with E-state index in [2.05, 4.69) is 16.5 Å². The van der Waals surface area contributed by atoms with Gasteiger partial charge in [0.15, 0.2) is 5.76 Å². The Kier molecular flexibility index (Phi) is 5.03. The number of benzene rings is 2. The number of ether oxygens (including phenoxy) is 1. The molecule has 1 N–H and O–H groups in total. The highest BCUT2D eigenvalue weighted by Crippen LogP contribution is 2.31. The van der Waals surface area contributed by atoms with Gasteiger partial charge in [-0.25, -0.2) is 0 Å². The van der Waals surface area contributed by atoms with E-state index in [-0.39, 0.29) is 0 Å². The molecule has 5 nitrogen and oxygen atoms in total. The lowest BCUT2D eigenvalue weighted by Gasteiger charge is -2.02. The van der Waals surface area contributed by atoms with Crippen molar-refractivity contribution in [1.82, 2.24) is 5.16 Å². The van der Waals surface area contributed by atoms with Crippen molar-refractivity contribution in [2.45, 2.75) is 0 Å². The van der Waals surface area contributed by atoms with Gasteiger partial charge in [0.2, 0.25) is 0 Å². The Morgan fingerprint density at radius 3 is 2.64 bits per heavy atom. The zero-order chi connectivity index (χ0) is 17.6. The second kappa shape index (κ2) is 7.56. The maximum absolute atomic E-state index is 9.45. The van der Waals surface area contributed by atoms with E-state index in [1.165, 1.54) is 0 Å². The Morgan fingerprint density at radius 2 is 1.96 bits per heavy atom. The molecule has 0 unspecified atom stereocenters. The molecule has 6 heteroatoms.